The Morgan fingerprint density at radius 3 is 2.67 bits per heavy atom. The summed E-state index contributed by atoms with van der Waals surface area (Å²) >= 11 is 0. The standard InChI is InChI=1S/C10H13N3O2/c11-9-5-6-12-13(9)10(15)7-1-3-8(14)4-2-7/h5-7H,1-4,11H2. The van der Waals surface area contributed by atoms with Crippen molar-refractivity contribution in [1.82, 2.24) is 9.78 Å². The second-order valence-electron chi connectivity index (χ2n) is 3.82. The van der Waals surface area contributed by atoms with E-state index in [2.05, 4.69) is 5.10 Å². The van der Waals surface area contributed by atoms with E-state index < -0.39 is 0 Å². The molecule has 1 saturated carbocycles. The first-order valence-corrected chi connectivity index (χ1v) is 5.04. The number of nitrogen functional groups attached to an aromatic ring is 1. The van der Waals surface area contributed by atoms with E-state index in [0.29, 0.717) is 31.5 Å². The Bertz CT molecular complexity index is 387. The minimum absolute atomic E-state index is 0.0926. The van der Waals surface area contributed by atoms with E-state index in [1.807, 2.05) is 0 Å². The van der Waals surface area contributed by atoms with E-state index in [4.69, 9.17) is 5.73 Å². The maximum absolute atomic E-state index is 11.9. The fourth-order valence-electron chi connectivity index (χ4n) is 1.86. The van der Waals surface area contributed by atoms with Gasteiger partial charge < -0.3 is 5.73 Å². The van der Waals surface area contributed by atoms with Crippen LogP contribution in [0.25, 0.3) is 0 Å². The zero-order valence-corrected chi connectivity index (χ0v) is 8.35. The molecule has 1 heterocycles. The number of Topliss-reactive ketones (excluding diaryl/α,β-unsaturated/α-hetero) is 1. The van der Waals surface area contributed by atoms with Crippen LogP contribution in [-0.4, -0.2) is 21.5 Å². The highest BCUT2D eigenvalue weighted by Gasteiger charge is 2.26. The van der Waals surface area contributed by atoms with Crippen molar-refractivity contribution in [2.75, 3.05) is 5.73 Å². The van der Waals surface area contributed by atoms with Crippen LogP contribution in [0.3, 0.4) is 0 Å². The molecule has 0 unspecified atom stereocenters. The molecule has 0 saturated heterocycles. The van der Waals surface area contributed by atoms with Crippen molar-refractivity contribution in [3.63, 3.8) is 0 Å². The molecule has 2 N–H and O–H groups in total. The molecule has 5 nitrogen and oxygen atoms in total. The minimum atomic E-state index is -0.107. The summed E-state index contributed by atoms with van der Waals surface area (Å²) in [7, 11) is 0. The van der Waals surface area contributed by atoms with Gasteiger partial charge in [0.15, 0.2) is 0 Å². The van der Waals surface area contributed by atoms with E-state index in [-0.39, 0.29) is 17.6 Å². The second kappa shape index (κ2) is 3.84. The van der Waals surface area contributed by atoms with Crippen LogP contribution in [-0.2, 0) is 4.79 Å². The molecule has 0 amide bonds. The molecule has 80 valence electrons. The number of hydrogen-bond donors (Lipinski definition) is 1. The van der Waals surface area contributed by atoms with Crippen LogP contribution in [0, 0.1) is 5.92 Å². The summed E-state index contributed by atoms with van der Waals surface area (Å²) in [6.45, 7) is 0. The average molecular weight is 207 g/mol. The number of anilines is 1. The lowest BCUT2D eigenvalue weighted by atomic mass is 9.88. The van der Waals surface area contributed by atoms with Gasteiger partial charge in [-0.05, 0) is 12.8 Å². The summed E-state index contributed by atoms with van der Waals surface area (Å²) in [6.07, 6.45) is 3.74. The van der Waals surface area contributed by atoms with Crippen molar-refractivity contribution in [2.24, 2.45) is 5.92 Å². The first kappa shape index (κ1) is 9.89. The molecule has 15 heavy (non-hydrogen) atoms. The Morgan fingerprint density at radius 2 is 2.13 bits per heavy atom. The largest absolute Gasteiger partial charge is 0.383 e. The van der Waals surface area contributed by atoms with Gasteiger partial charge in [0.05, 0.1) is 6.20 Å². The SMILES string of the molecule is Nc1ccnn1C(=O)C1CCC(=O)CC1. The summed E-state index contributed by atoms with van der Waals surface area (Å²) in [6, 6.07) is 1.59. The fraction of sp³-hybridized carbons (Fsp3) is 0.500. The number of aromatic nitrogens is 2. The van der Waals surface area contributed by atoms with Crippen molar-refractivity contribution in [1.29, 1.82) is 0 Å². The van der Waals surface area contributed by atoms with E-state index in [9.17, 15) is 9.59 Å². The first-order chi connectivity index (χ1) is 7.18. The van der Waals surface area contributed by atoms with Gasteiger partial charge in [0.2, 0.25) is 0 Å². The highest BCUT2D eigenvalue weighted by atomic mass is 16.2. The van der Waals surface area contributed by atoms with E-state index >= 15 is 0 Å². The van der Waals surface area contributed by atoms with Gasteiger partial charge in [-0.3, -0.25) is 9.59 Å². The molecular weight excluding hydrogens is 194 g/mol. The second-order valence-corrected chi connectivity index (χ2v) is 3.82. The topological polar surface area (TPSA) is 78.0 Å². The smallest absolute Gasteiger partial charge is 0.251 e. The quantitative estimate of drug-likeness (QED) is 0.741. The molecule has 1 aromatic heterocycles. The Hall–Kier alpha value is -1.65. The molecular formula is C10H13N3O2. The van der Waals surface area contributed by atoms with Gasteiger partial charge >= 0.3 is 0 Å². The lowest BCUT2D eigenvalue weighted by Gasteiger charge is -2.19. The monoisotopic (exact) mass is 207 g/mol. The molecule has 1 aliphatic carbocycles. The molecule has 5 heteroatoms. The third-order valence-electron chi connectivity index (χ3n) is 2.77. The summed E-state index contributed by atoms with van der Waals surface area (Å²) in [5.74, 6) is 0.402. The van der Waals surface area contributed by atoms with Crippen molar-refractivity contribution < 1.29 is 9.59 Å². The zero-order chi connectivity index (χ0) is 10.8. The van der Waals surface area contributed by atoms with E-state index in [1.165, 1.54) is 10.9 Å². The predicted octanol–water partition coefficient (Wildman–Crippen LogP) is 0.865. The highest BCUT2D eigenvalue weighted by molar-refractivity contribution is 5.86. The Morgan fingerprint density at radius 1 is 1.47 bits per heavy atom. The van der Waals surface area contributed by atoms with E-state index in [1.54, 1.807) is 6.07 Å². The van der Waals surface area contributed by atoms with Gasteiger partial charge in [0, 0.05) is 24.8 Å². The first-order valence-electron chi connectivity index (χ1n) is 5.04. The van der Waals surface area contributed by atoms with Crippen LogP contribution in [0.5, 0.6) is 0 Å². The number of carbonyl (C=O) groups excluding carboxylic acids is 2. The van der Waals surface area contributed by atoms with Gasteiger partial charge in [-0.25, -0.2) is 0 Å². The lowest BCUT2D eigenvalue weighted by Crippen LogP contribution is -2.27. The van der Waals surface area contributed by atoms with Crippen molar-refractivity contribution >= 4 is 17.5 Å². The molecule has 0 aromatic carbocycles. The number of nitrogens with two attached hydrogens (primary N) is 1. The number of rotatable bonds is 1. The van der Waals surface area contributed by atoms with Gasteiger partial charge in [0.25, 0.3) is 5.91 Å². The number of carbonyl (C=O) groups is 2. The van der Waals surface area contributed by atoms with Crippen molar-refractivity contribution in [2.45, 2.75) is 25.7 Å². The Balaban J connectivity index is 2.09. The minimum Gasteiger partial charge on any atom is -0.383 e. The normalized spacial score (nSPS) is 18.0. The van der Waals surface area contributed by atoms with Crippen molar-refractivity contribution in [3.05, 3.63) is 12.3 Å². The Kier molecular flexibility index (Phi) is 2.53. The Labute approximate surface area is 87.3 Å². The lowest BCUT2D eigenvalue weighted by molar-refractivity contribution is -0.120. The van der Waals surface area contributed by atoms with Crippen LogP contribution >= 0.6 is 0 Å². The van der Waals surface area contributed by atoms with Crippen LogP contribution in [0.15, 0.2) is 12.3 Å². The molecule has 1 aromatic rings. The molecule has 0 bridgehead atoms. The average Bonchev–Trinajstić information content (AvgIpc) is 2.65. The van der Waals surface area contributed by atoms with E-state index in [0.717, 1.165) is 0 Å². The molecule has 1 fully saturated rings. The number of nitrogens with zero attached hydrogens (tertiary/aromatic N) is 2. The molecule has 0 aliphatic heterocycles. The molecule has 0 radical (unpaired) electrons. The zero-order valence-electron chi connectivity index (χ0n) is 8.35. The molecule has 0 atom stereocenters. The molecule has 1 aliphatic rings. The van der Waals surface area contributed by atoms with Gasteiger partial charge in [-0.2, -0.15) is 9.78 Å². The molecule has 0 spiro atoms. The molecule has 2 rings (SSSR count). The fourth-order valence-corrected chi connectivity index (χ4v) is 1.86. The van der Waals surface area contributed by atoms with Gasteiger partial charge in [-0.1, -0.05) is 0 Å². The highest BCUT2D eigenvalue weighted by Crippen LogP contribution is 2.23. The number of ketones is 1. The summed E-state index contributed by atoms with van der Waals surface area (Å²) in [5.41, 5.74) is 5.59. The van der Waals surface area contributed by atoms with Crippen LogP contribution < -0.4 is 5.73 Å². The predicted molar refractivity (Wildman–Crippen MR) is 54.2 cm³/mol. The number of hydrogen-bond acceptors (Lipinski definition) is 4. The maximum atomic E-state index is 11.9. The third kappa shape index (κ3) is 1.91. The van der Waals surface area contributed by atoms with Crippen LogP contribution in [0.2, 0.25) is 0 Å². The van der Waals surface area contributed by atoms with Crippen molar-refractivity contribution in [3.8, 4) is 0 Å². The summed E-state index contributed by atoms with van der Waals surface area (Å²) in [5, 5.41) is 3.87. The van der Waals surface area contributed by atoms with Crippen LogP contribution in [0.4, 0.5) is 5.82 Å². The maximum Gasteiger partial charge on any atom is 0.251 e. The van der Waals surface area contributed by atoms with Gasteiger partial charge in [-0.15, -0.1) is 0 Å². The van der Waals surface area contributed by atoms with Crippen LogP contribution in [0.1, 0.15) is 30.5 Å². The summed E-state index contributed by atoms with van der Waals surface area (Å²) in [4.78, 5) is 22.9. The van der Waals surface area contributed by atoms with Gasteiger partial charge in [0.1, 0.15) is 11.6 Å². The summed E-state index contributed by atoms with van der Waals surface area (Å²) < 4.78 is 1.22. The third-order valence-corrected chi connectivity index (χ3v) is 2.77.